The van der Waals surface area contributed by atoms with Gasteiger partial charge in [-0.3, -0.25) is 4.79 Å². The molecule has 1 aromatic rings. The smallest absolute Gasteiger partial charge is 0.425 e. The van der Waals surface area contributed by atoms with Gasteiger partial charge in [0, 0.05) is 31.3 Å². The van der Waals surface area contributed by atoms with Crippen LogP contribution in [0.5, 0.6) is 5.88 Å². The molecular weight excluding hydrogens is 323 g/mol. The second kappa shape index (κ2) is 6.23. The van der Waals surface area contributed by atoms with E-state index in [9.17, 15) is 18.0 Å². The van der Waals surface area contributed by atoms with Gasteiger partial charge in [-0.05, 0) is 31.9 Å². The predicted octanol–water partition coefficient (Wildman–Crippen LogP) is 1.99. The number of alkyl halides is 3. The van der Waals surface area contributed by atoms with E-state index in [4.69, 9.17) is 4.74 Å². The number of pyridine rings is 1. The standard InChI is InChI=1S/C16H20F3N3O2/c1-10(16(17,18)19)24-13-3-2-11(8-22-13)12-9-20-6-4-15(12)5-7-21-14(15)23/h2-3,8,10,12,20H,4-7,9H2,1H3,(H,21,23)/t10-,12?,15?/m1/s1. The molecule has 2 aliphatic rings. The number of amides is 1. The molecule has 1 aromatic heterocycles. The Bertz CT molecular complexity index is 606. The van der Waals surface area contributed by atoms with Gasteiger partial charge in [-0.2, -0.15) is 13.2 Å². The quantitative estimate of drug-likeness (QED) is 0.881. The lowest BCUT2D eigenvalue weighted by Crippen LogP contribution is -2.47. The number of aromatic nitrogens is 1. The van der Waals surface area contributed by atoms with Crippen molar-refractivity contribution in [3.8, 4) is 5.88 Å². The van der Waals surface area contributed by atoms with Crippen molar-refractivity contribution in [3.05, 3.63) is 23.9 Å². The fourth-order valence-electron chi connectivity index (χ4n) is 3.54. The van der Waals surface area contributed by atoms with Gasteiger partial charge in [-0.25, -0.2) is 4.98 Å². The van der Waals surface area contributed by atoms with E-state index in [0.29, 0.717) is 13.1 Å². The molecule has 5 nitrogen and oxygen atoms in total. The van der Waals surface area contributed by atoms with Crippen molar-refractivity contribution in [1.29, 1.82) is 0 Å². The zero-order valence-corrected chi connectivity index (χ0v) is 13.3. The summed E-state index contributed by atoms with van der Waals surface area (Å²) in [4.78, 5) is 16.4. The fraction of sp³-hybridized carbons (Fsp3) is 0.625. The van der Waals surface area contributed by atoms with Gasteiger partial charge in [0.1, 0.15) is 0 Å². The fourth-order valence-corrected chi connectivity index (χ4v) is 3.54. The van der Waals surface area contributed by atoms with Crippen LogP contribution in [0.2, 0.25) is 0 Å². The minimum absolute atomic E-state index is 0.0460. The molecule has 2 saturated heterocycles. The van der Waals surface area contributed by atoms with Crippen molar-refractivity contribution in [3.63, 3.8) is 0 Å². The van der Waals surface area contributed by atoms with Gasteiger partial charge in [0.05, 0.1) is 5.41 Å². The third-order valence-electron chi connectivity index (χ3n) is 4.99. The van der Waals surface area contributed by atoms with Crippen LogP contribution >= 0.6 is 0 Å². The van der Waals surface area contributed by atoms with E-state index in [-0.39, 0.29) is 17.7 Å². The largest absolute Gasteiger partial charge is 0.465 e. The number of nitrogens with zero attached hydrogens (tertiary/aromatic N) is 1. The van der Waals surface area contributed by atoms with Crippen LogP contribution in [0.15, 0.2) is 18.3 Å². The SMILES string of the molecule is C[C@@H](Oc1ccc(C2CNCCC23CCNC3=O)cn1)C(F)(F)F. The van der Waals surface area contributed by atoms with E-state index in [2.05, 4.69) is 15.6 Å². The van der Waals surface area contributed by atoms with E-state index in [1.165, 1.54) is 12.3 Å². The number of ether oxygens (including phenoxy) is 1. The summed E-state index contributed by atoms with van der Waals surface area (Å²) in [7, 11) is 0. The summed E-state index contributed by atoms with van der Waals surface area (Å²) in [5.74, 6) is -0.0624. The second-order valence-corrected chi connectivity index (χ2v) is 6.40. The molecule has 132 valence electrons. The van der Waals surface area contributed by atoms with Crippen LogP contribution in [-0.2, 0) is 4.79 Å². The van der Waals surface area contributed by atoms with Crippen molar-refractivity contribution in [2.75, 3.05) is 19.6 Å². The molecule has 2 aliphatic heterocycles. The Hall–Kier alpha value is -1.83. The molecule has 1 amide bonds. The van der Waals surface area contributed by atoms with Crippen LogP contribution < -0.4 is 15.4 Å². The molecule has 3 rings (SSSR count). The average molecular weight is 343 g/mol. The number of rotatable bonds is 3. The minimum Gasteiger partial charge on any atom is -0.465 e. The molecule has 0 radical (unpaired) electrons. The maximum Gasteiger partial charge on any atom is 0.425 e. The highest BCUT2D eigenvalue weighted by molar-refractivity contribution is 5.86. The van der Waals surface area contributed by atoms with Gasteiger partial charge >= 0.3 is 6.18 Å². The number of hydrogen-bond donors (Lipinski definition) is 2. The lowest BCUT2D eigenvalue weighted by atomic mass is 9.67. The first-order valence-corrected chi connectivity index (χ1v) is 8.01. The van der Waals surface area contributed by atoms with Crippen molar-refractivity contribution < 1.29 is 22.7 Å². The first kappa shape index (κ1) is 17.0. The first-order chi connectivity index (χ1) is 11.3. The molecule has 2 unspecified atom stereocenters. The van der Waals surface area contributed by atoms with Crippen molar-refractivity contribution in [2.45, 2.75) is 38.0 Å². The highest BCUT2D eigenvalue weighted by atomic mass is 19.4. The molecule has 8 heteroatoms. The summed E-state index contributed by atoms with van der Waals surface area (Å²) in [6.45, 7) is 3.03. The summed E-state index contributed by atoms with van der Waals surface area (Å²) >= 11 is 0. The molecular formula is C16H20F3N3O2. The van der Waals surface area contributed by atoms with Crippen LogP contribution in [0, 0.1) is 5.41 Å². The van der Waals surface area contributed by atoms with Crippen LogP contribution in [0.4, 0.5) is 13.2 Å². The Kier molecular flexibility index (Phi) is 4.42. The topological polar surface area (TPSA) is 63.2 Å². The highest BCUT2D eigenvalue weighted by Crippen LogP contribution is 2.46. The Labute approximate surface area is 138 Å². The molecule has 0 aliphatic carbocycles. The zero-order valence-electron chi connectivity index (χ0n) is 13.3. The van der Waals surface area contributed by atoms with Gasteiger partial charge < -0.3 is 15.4 Å². The Morgan fingerprint density at radius 2 is 2.08 bits per heavy atom. The number of halogens is 3. The Balaban J connectivity index is 1.78. The maximum absolute atomic E-state index is 12.5. The Morgan fingerprint density at radius 1 is 1.33 bits per heavy atom. The number of carbonyl (C=O) groups excluding carboxylic acids is 1. The minimum atomic E-state index is -4.43. The van der Waals surface area contributed by atoms with Gasteiger partial charge in [-0.1, -0.05) is 6.07 Å². The molecule has 1 spiro atoms. The molecule has 0 aromatic carbocycles. The molecule has 3 atom stereocenters. The van der Waals surface area contributed by atoms with Gasteiger partial charge in [0.15, 0.2) is 6.10 Å². The van der Waals surface area contributed by atoms with E-state index in [1.54, 1.807) is 6.07 Å². The van der Waals surface area contributed by atoms with Crippen LogP contribution in [0.3, 0.4) is 0 Å². The third-order valence-corrected chi connectivity index (χ3v) is 4.99. The van der Waals surface area contributed by atoms with Crippen LogP contribution in [0.25, 0.3) is 0 Å². The summed E-state index contributed by atoms with van der Waals surface area (Å²) < 4.78 is 42.5. The van der Waals surface area contributed by atoms with E-state index in [0.717, 1.165) is 31.9 Å². The van der Waals surface area contributed by atoms with E-state index in [1.807, 2.05) is 0 Å². The second-order valence-electron chi connectivity index (χ2n) is 6.40. The summed E-state index contributed by atoms with van der Waals surface area (Å²) in [5.41, 5.74) is 0.389. The van der Waals surface area contributed by atoms with Gasteiger partial charge in [0.2, 0.25) is 11.8 Å². The van der Waals surface area contributed by atoms with Crippen LogP contribution in [0.1, 0.15) is 31.2 Å². The monoisotopic (exact) mass is 343 g/mol. The van der Waals surface area contributed by atoms with E-state index < -0.39 is 17.7 Å². The third kappa shape index (κ3) is 3.07. The Morgan fingerprint density at radius 3 is 2.67 bits per heavy atom. The van der Waals surface area contributed by atoms with Crippen molar-refractivity contribution >= 4 is 5.91 Å². The van der Waals surface area contributed by atoms with Crippen molar-refractivity contribution in [1.82, 2.24) is 15.6 Å². The number of carbonyl (C=O) groups is 1. The average Bonchev–Trinajstić information content (AvgIpc) is 2.89. The lowest BCUT2D eigenvalue weighted by molar-refractivity contribution is -0.190. The zero-order chi connectivity index (χ0) is 17.4. The lowest BCUT2D eigenvalue weighted by Gasteiger charge is -2.39. The maximum atomic E-state index is 12.5. The molecule has 24 heavy (non-hydrogen) atoms. The summed E-state index contributed by atoms with van der Waals surface area (Å²) in [5, 5.41) is 6.18. The molecule has 2 fully saturated rings. The highest BCUT2D eigenvalue weighted by Gasteiger charge is 2.50. The van der Waals surface area contributed by atoms with Crippen LogP contribution in [-0.4, -0.2) is 42.8 Å². The normalized spacial score (nSPS) is 28.7. The number of hydrogen-bond acceptors (Lipinski definition) is 4. The predicted molar refractivity (Wildman–Crippen MR) is 80.7 cm³/mol. The summed E-state index contributed by atoms with van der Waals surface area (Å²) in [6.07, 6.45) is -3.32. The number of nitrogens with one attached hydrogen (secondary N) is 2. The molecule has 2 N–H and O–H groups in total. The summed E-state index contributed by atoms with van der Waals surface area (Å²) in [6, 6.07) is 3.14. The number of piperidine rings is 1. The molecule has 3 heterocycles. The van der Waals surface area contributed by atoms with Gasteiger partial charge in [0.25, 0.3) is 0 Å². The van der Waals surface area contributed by atoms with E-state index >= 15 is 0 Å². The molecule has 0 saturated carbocycles. The molecule has 0 bridgehead atoms. The first-order valence-electron chi connectivity index (χ1n) is 8.01. The van der Waals surface area contributed by atoms with Crippen molar-refractivity contribution in [2.24, 2.45) is 5.41 Å². The van der Waals surface area contributed by atoms with Gasteiger partial charge in [-0.15, -0.1) is 0 Å².